The van der Waals surface area contributed by atoms with Gasteiger partial charge in [0.25, 0.3) is 5.91 Å². The Kier molecular flexibility index (Phi) is 8.09. The van der Waals surface area contributed by atoms with Crippen LogP contribution in [0.5, 0.6) is 11.5 Å². The highest BCUT2D eigenvalue weighted by Crippen LogP contribution is 2.30. The third-order valence-electron chi connectivity index (χ3n) is 7.58. The van der Waals surface area contributed by atoms with E-state index in [1.165, 1.54) is 17.5 Å². The number of piperidine rings is 1. The van der Waals surface area contributed by atoms with Gasteiger partial charge in [0.05, 0.1) is 18.2 Å². The summed E-state index contributed by atoms with van der Waals surface area (Å²) >= 11 is 0. The van der Waals surface area contributed by atoms with E-state index in [0.29, 0.717) is 37.6 Å². The van der Waals surface area contributed by atoms with Gasteiger partial charge in [0, 0.05) is 45.3 Å². The fourth-order valence-electron chi connectivity index (χ4n) is 5.66. The quantitative estimate of drug-likeness (QED) is 0.609. The predicted octanol–water partition coefficient (Wildman–Crippen LogP) is 3.19. The van der Waals surface area contributed by atoms with Gasteiger partial charge in [-0.1, -0.05) is 31.2 Å². The first-order valence-electron chi connectivity index (χ1n) is 13.5. The molecule has 2 aromatic rings. The fraction of sp³-hybridized carbons (Fsp3) is 0.552. The summed E-state index contributed by atoms with van der Waals surface area (Å²) in [5, 5.41) is 10.8. The Morgan fingerprint density at radius 3 is 2.64 bits per heavy atom. The Labute approximate surface area is 214 Å². The van der Waals surface area contributed by atoms with Crippen LogP contribution in [0.1, 0.15) is 47.7 Å². The van der Waals surface area contributed by atoms with E-state index in [1.54, 1.807) is 4.90 Å². The van der Waals surface area contributed by atoms with E-state index >= 15 is 0 Å². The molecule has 1 unspecified atom stereocenters. The number of aliphatic hydroxyl groups excluding tert-OH is 1. The maximum absolute atomic E-state index is 13.3. The summed E-state index contributed by atoms with van der Waals surface area (Å²) in [7, 11) is 0. The van der Waals surface area contributed by atoms with Crippen molar-refractivity contribution in [3.8, 4) is 11.5 Å². The highest BCUT2D eigenvalue weighted by atomic mass is 16.5. The van der Waals surface area contributed by atoms with Crippen LogP contribution in [0, 0.1) is 0 Å². The molecule has 0 spiro atoms. The molecule has 1 saturated heterocycles. The van der Waals surface area contributed by atoms with Crippen LogP contribution in [0.4, 0.5) is 0 Å². The van der Waals surface area contributed by atoms with Gasteiger partial charge in [-0.25, -0.2) is 0 Å². The number of ether oxygens (including phenoxy) is 2. The van der Waals surface area contributed by atoms with Gasteiger partial charge in [-0.05, 0) is 55.5 Å². The average molecular weight is 494 g/mol. The summed E-state index contributed by atoms with van der Waals surface area (Å²) in [4.78, 5) is 19.8. The number of rotatable bonds is 8. The molecule has 1 fully saturated rings. The zero-order valence-electron chi connectivity index (χ0n) is 21.4. The third kappa shape index (κ3) is 6.02. The lowest BCUT2D eigenvalue weighted by atomic mass is 10.00. The molecule has 3 aliphatic heterocycles. The number of hydrogen-bond donors (Lipinski definition) is 1. The third-order valence-corrected chi connectivity index (χ3v) is 7.58. The SMILES string of the molecule is CCCN1CCC(Oc2ccc3c(c2)OCCN(CC(O)CN2CCc4ccccc4C2)C3=O)CC1. The molecule has 0 aliphatic carbocycles. The number of amides is 1. The largest absolute Gasteiger partial charge is 0.491 e. The van der Waals surface area contributed by atoms with Crippen molar-refractivity contribution in [3.63, 3.8) is 0 Å². The van der Waals surface area contributed by atoms with Crippen LogP contribution in [0.3, 0.4) is 0 Å². The number of likely N-dealkylation sites (tertiary alicyclic amines) is 1. The molecule has 194 valence electrons. The highest BCUT2D eigenvalue weighted by Gasteiger charge is 2.28. The summed E-state index contributed by atoms with van der Waals surface area (Å²) < 4.78 is 12.2. The maximum Gasteiger partial charge on any atom is 0.257 e. The van der Waals surface area contributed by atoms with Crippen LogP contribution in [-0.4, -0.2) is 90.3 Å². The van der Waals surface area contributed by atoms with E-state index in [0.717, 1.165) is 57.7 Å². The molecule has 0 bridgehead atoms. The van der Waals surface area contributed by atoms with E-state index in [1.807, 2.05) is 18.2 Å². The van der Waals surface area contributed by atoms with Crippen LogP contribution >= 0.6 is 0 Å². The first kappa shape index (κ1) is 25.1. The zero-order chi connectivity index (χ0) is 24.9. The summed E-state index contributed by atoms with van der Waals surface area (Å²) in [6.45, 7) is 8.99. The van der Waals surface area contributed by atoms with Crippen molar-refractivity contribution in [3.05, 3.63) is 59.2 Å². The molecule has 1 amide bonds. The highest BCUT2D eigenvalue weighted by molar-refractivity contribution is 5.97. The Balaban J connectivity index is 1.16. The number of aliphatic hydroxyl groups is 1. The molecule has 36 heavy (non-hydrogen) atoms. The first-order valence-corrected chi connectivity index (χ1v) is 13.5. The summed E-state index contributed by atoms with van der Waals surface area (Å²) in [6, 6.07) is 14.0. The van der Waals surface area contributed by atoms with Gasteiger partial charge >= 0.3 is 0 Å². The van der Waals surface area contributed by atoms with Gasteiger partial charge in [0.1, 0.15) is 24.2 Å². The van der Waals surface area contributed by atoms with Gasteiger partial charge in [0.2, 0.25) is 0 Å². The summed E-state index contributed by atoms with van der Waals surface area (Å²) in [5.41, 5.74) is 3.26. The fourth-order valence-corrected chi connectivity index (χ4v) is 5.66. The smallest absolute Gasteiger partial charge is 0.257 e. The lowest BCUT2D eigenvalue weighted by molar-refractivity contribution is 0.0501. The molecule has 7 heteroatoms. The molecule has 3 aliphatic rings. The first-order chi connectivity index (χ1) is 17.6. The van der Waals surface area contributed by atoms with E-state index in [2.05, 4.69) is 41.0 Å². The second kappa shape index (κ2) is 11.6. The molecule has 1 N–H and O–H groups in total. The van der Waals surface area contributed by atoms with Gasteiger partial charge in [-0.2, -0.15) is 0 Å². The van der Waals surface area contributed by atoms with Crippen molar-refractivity contribution in [2.24, 2.45) is 0 Å². The molecule has 5 rings (SSSR count). The van der Waals surface area contributed by atoms with Gasteiger partial charge in [0.15, 0.2) is 0 Å². The molecular weight excluding hydrogens is 454 g/mol. The van der Waals surface area contributed by atoms with Crippen LogP contribution in [0.15, 0.2) is 42.5 Å². The van der Waals surface area contributed by atoms with E-state index in [-0.39, 0.29) is 12.0 Å². The molecule has 0 saturated carbocycles. The van der Waals surface area contributed by atoms with E-state index in [9.17, 15) is 9.90 Å². The Morgan fingerprint density at radius 2 is 1.83 bits per heavy atom. The number of carbonyl (C=O) groups is 1. The van der Waals surface area contributed by atoms with Crippen LogP contribution in [0.25, 0.3) is 0 Å². The second-order valence-corrected chi connectivity index (χ2v) is 10.3. The van der Waals surface area contributed by atoms with Crippen LogP contribution in [0.2, 0.25) is 0 Å². The van der Waals surface area contributed by atoms with E-state index < -0.39 is 6.10 Å². The molecule has 0 radical (unpaired) electrons. The lowest BCUT2D eigenvalue weighted by Crippen LogP contribution is -2.44. The van der Waals surface area contributed by atoms with Crippen molar-refractivity contribution in [1.82, 2.24) is 14.7 Å². The van der Waals surface area contributed by atoms with Crippen molar-refractivity contribution >= 4 is 5.91 Å². The molecule has 2 aromatic carbocycles. The molecule has 0 aromatic heterocycles. The molecule has 3 heterocycles. The van der Waals surface area contributed by atoms with Gasteiger partial charge in [-0.15, -0.1) is 0 Å². The van der Waals surface area contributed by atoms with E-state index in [4.69, 9.17) is 9.47 Å². The Bertz CT molecular complexity index is 1040. The van der Waals surface area contributed by atoms with Crippen molar-refractivity contribution in [1.29, 1.82) is 0 Å². The number of carbonyl (C=O) groups excluding carboxylic acids is 1. The Morgan fingerprint density at radius 1 is 1.03 bits per heavy atom. The minimum Gasteiger partial charge on any atom is -0.491 e. The van der Waals surface area contributed by atoms with Crippen LogP contribution in [-0.2, 0) is 13.0 Å². The standard InChI is InChI=1S/C29H39N3O4/c1-2-12-30-14-10-25(11-15-30)36-26-7-8-27-28(18-26)35-17-16-32(29(27)34)21-24(33)20-31-13-9-22-5-3-4-6-23(22)19-31/h3-8,18,24-25,33H,2,9-17,19-21H2,1H3. The number of nitrogens with zero attached hydrogens (tertiary/aromatic N) is 3. The Hall–Kier alpha value is -2.61. The predicted molar refractivity (Wildman–Crippen MR) is 140 cm³/mol. The maximum atomic E-state index is 13.3. The van der Waals surface area contributed by atoms with Crippen molar-refractivity contribution in [2.45, 2.75) is 51.4 Å². The van der Waals surface area contributed by atoms with Crippen molar-refractivity contribution < 1.29 is 19.4 Å². The summed E-state index contributed by atoms with van der Waals surface area (Å²) in [5.74, 6) is 1.24. The molecule has 7 nitrogen and oxygen atoms in total. The molecular formula is C29H39N3O4. The average Bonchev–Trinajstić information content (AvgIpc) is 3.03. The number of fused-ring (bicyclic) bond motifs is 2. The normalized spacial score (nSPS) is 20.3. The minimum atomic E-state index is -0.609. The molecule has 1 atom stereocenters. The summed E-state index contributed by atoms with van der Waals surface area (Å²) in [6.07, 6.45) is 3.81. The van der Waals surface area contributed by atoms with Gasteiger partial charge < -0.3 is 24.4 Å². The van der Waals surface area contributed by atoms with Gasteiger partial charge in [-0.3, -0.25) is 9.69 Å². The monoisotopic (exact) mass is 493 g/mol. The lowest BCUT2D eigenvalue weighted by Gasteiger charge is -2.32. The number of β-amino-alcohol motifs (C(OH)–C–C–N with tert-alkyl or cyclic N) is 1. The number of benzene rings is 2. The van der Waals surface area contributed by atoms with Crippen LogP contribution < -0.4 is 9.47 Å². The number of hydrogen-bond acceptors (Lipinski definition) is 6. The zero-order valence-corrected chi connectivity index (χ0v) is 21.4. The van der Waals surface area contributed by atoms with Crippen molar-refractivity contribution in [2.75, 3.05) is 52.4 Å². The topological polar surface area (TPSA) is 65.5 Å². The second-order valence-electron chi connectivity index (χ2n) is 10.3. The minimum absolute atomic E-state index is 0.0926.